The second-order valence-corrected chi connectivity index (χ2v) is 5.00. The molecule has 3 aliphatic carbocycles. The van der Waals surface area contributed by atoms with Crippen molar-refractivity contribution >= 4 is 0 Å². The normalized spacial score (nSPS) is 70.6. The second kappa shape index (κ2) is 1.27. The fourth-order valence-corrected chi connectivity index (χ4v) is 4.61. The van der Waals surface area contributed by atoms with Gasteiger partial charge in [0.05, 0.1) is 0 Å². The van der Waals surface area contributed by atoms with Crippen molar-refractivity contribution in [3.05, 3.63) is 0 Å². The first-order valence-electron chi connectivity index (χ1n) is 4.79. The van der Waals surface area contributed by atoms with Crippen LogP contribution >= 0.6 is 0 Å². The van der Waals surface area contributed by atoms with Gasteiger partial charge in [-0.05, 0) is 37.5 Å². The number of rotatable bonds is 0. The highest BCUT2D eigenvalue weighted by Crippen LogP contribution is 2.75. The second-order valence-electron chi connectivity index (χ2n) is 5.00. The summed E-state index contributed by atoms with van der Waals surface area (Å²) in [5.74, 6) is 1.99. The zero-order valence-corrected chi connectivity index (χ0v) is 6.53. The molecule has 4 rings (SSSR count). The molecule has 11 heavy (non-hydrogen) atoms. The lowest BCUT2D eigenvalue weighted by atomic mass is 9.48. The highest BCUT2D eigenvalue weighted by atomic mass is 16.5. The Morgan fingerprint density at radius 3 is 2.73 bits per heavy atom. The minimum atomic E-state index is 0.588. The van der Waals surface area contributed by atoms with E-state index in [1.54, 1.807) is 5.06 Å². The van der Waals surface area contributed by atoms with Crippen LogP contribution in [0.3, 0.4) is 0 Å². The zero-order valence-electron chi connectivity index (χ0n) is 6.53. The number of hydrogen-bond donors (Lipinski definition) is 1. The first-order chi connectivity index (χ1) is 5.32. The van der Waals surface area contributed by atoms with Gasteiger partial charge < -0.3 is 5.21 Å². The van der Waals surface area contributed by atoms with E-state index in [2.05, 4.69) is 0 Å². The molecule has 4 aliphatic rings. The Hall–Kier alpha value is -0.0800. The first kappa shape index (κ1) is 5.55. The molecule has 5 atom stereocenters. The Kier molecular flexibility index (Phi) is 0.641. The third-order valence-electron chi connectivity index (χ3n) is 4.96. The molecule has 0 aromatic rings. The Morgan fingerprint density at radius 1 is 1.18 bits per heavy atom. The molecule has 0 amide bonds. The van der Waals surface area contributed by atoms with Crippen molar-refractivity contribution in [2.45, 2.75) is 37.8 Å². The van der Waals surface area contributed by atoms with E-state index in [1.807, 2.05) is 0 Å². The summed E-state index contributed by atoms with van der Waals surface area (Å²) in [4.78, 5) is 0. The van der Waals surface area contributed by atoms with Crippen molar-refractivity contribution in [3.8, 4) is 0 Å². The third kappa shape index (κ3) is 0.338. The molecule has 1 aliphatic heterocycles. The fourth-order valence-electron chi connectivity index (χ4n) is 4.61. The van der Waals surface area contributed by atoms with E-state index in [0.717, 1.165) is 11.8 Å². The standard InChI is InChI=1S/C9H13NO/c11-10-7-2-5-1-6-3-8(10)9(6,7)4-5/h5-8,11H,1-4H2. The van der Waals surface area contributed by atoms with Gasteiger partial charge >= 0.3 is 0 Å². The lowest BCUT2D eigenvalue weighted by molar-refractivity contribution is -0.352. The van der Waals surface area contributed by atoms with Crippen LogP contribution in [0.2, 0.25) is 0 Å². The molecule has 1 spiro atoms. The topological polar surface area (TPSA) is 23.5 Å². The molecule has 1 heterocycles. The van der Waals surface area contributed by atoms with Gasteiger partial charge in [-0.15, -0.1) is 0 Å². The molecule has 4 fully saturated rings. The Bertz CT molecular complexity index is 242. The van der Waals surface area contributed by atoms with Crippen molar-refractivity contribution in [1.82, 2.24) is 5.06 Å². The molecule has 1 saturated heterocycles. The van der Waals surface area contributed by atoms with Crippen LogP contribution in [-0.4, -0.2) is 22.4 Å². The first-order valence-corrected chi connectivity index (χ1v) is 4.79. The summed E-state index contributed by atoms with van der Waals surface area (Å²) in [5.41, 5.74) is 0.652. The summed E-state index contributed by atoms with van der Waals surface area (Å²) in [7, 11) is 0. The van der Waals surface area contributed by atoms with Crippen LogP contribution < -0.4 is 0 Å². The van der Waals surface area contributed by atoms with Crippen LogP contribution in [0.1, 0.15) is 25.7 Å². The van der Waals surface area contributed by atoms with E-state index in [1.165, 1.54) is 25.7 Å². The van der Waals surface area contributed by atoms with E-state index in [4.69, 9.17) is 0 Å². The summed E-state index contributed by atoms with van der Waals surface area (Å²) in [5, 5.41) is 11.2. The molecule has 1 N–H and O–H groups in total. The summed E-state index contributed by atoms with van der Waals surface area (Å²) < 4.78 is 0. The molecule has 60 valence electrons. The minimum absolute atomic E-state index is 0.588. The van der Waals surface area contributed by atoms with Gasteiger partial charge in [0.2, 0.25) is 0 Å². The molecule has 2 heteroatoms. The summed E-state index contributed by atoms with van der Waals surface area (Å²) in [6, 6.07) is 1.18. The van der Waals surface area contributed by atoms with Crippen molar-refractivity contribution in [2.24, 2.45) is 17.3 Å². The number of hydroxylamine groups is 2. The van der Waals surface area contributed by atoms with Gasteiger partial charge in [-0.1, -0.05) is 0 Å². The predicted molar refractivity (Wildman–Crippen MR) is 39.1 cm³/mol. The van der Waals surface area contributed by atoms with Gasteiger partial charge in [0, 0.05) is 17.5 Å². The Balaban J connectivity index is 1.86. The van der Waals surface area contributed by atoms with E-state index >= 15 is 0 Å². The smallest absolute Gasteiger partial charge is 0.0431 e. The fraction of sp³-hybridized carbons (Fsp3) is 1.00. The maximum absolute atomic E-state index is 9.57. The molecule has 2 nitrogen and oxygen atoms in total. The maximum Gasteiger partial charge on any atom is 0.0431 e. The van der Waals surface area contributed by atoms with Crippen LogP contribution in [0.15, 0.2) is 0 Å². The summed E-state index contributed by atoms with van der Waals surface area (Å²) in [6.07, 6.45) is 5.53. The molecule has 0 aromatic carbocycles. The Morgan fingerprint density at radius 2 is 2.00 bits per heavy atom. The van der Waals surface area contributed by atoms with Crippen LogP contribution in [0.4, 0.5) is 0 Å². The van der Waals surface area contributed by atoms with Crippen LogP contribution in [-0.2, 0) is 0 Å². The molecular formula is C9H13NO. The molecule has 3 saturated carbocycles. The van der Waals surface area contributed by atoms with Gasteiger partial charge in [-0.25, -0.2) is 0 Å². The van der Waals surface area contributed by atoms with Crippen molar-refractivity contribution in [3.63, 3.8) is 0 Å². The van der Waals surface area contributed by atoms with Gasteiger partial charge in [-0.2, -0.15) is 5.06 Å². The van der Waals surface area contributed by atoms with Crippen LogP contribution in [0.25, 0.3) is 0 Å². The van der Waals surface area contributed by atoms with Crippen molar-refractivity contribution < 1.29 is 5.21 Å². The molecule has 0 aromatic heterocycles. The highest BCUT2D eigenvalue weighted by molar-refractivity contribution is 5.27. The van der Waals surface area contributed by atoms with E-state index < -0.39 is 0 Å². The number of fused-ring (bicyclic) bond motifs is 1. The van der Waals surface area contributed by atoms with E-state index in [9.17, 15) is 5.21 Å². The molecule has 5 unspecified atom stereocenters. The highest BCUT2D eigenvalue weighted by Gasteiger charge is 2.77. The average molecular weight is 151 g/mol. The van der Waals surface area contributed by atoms with E-state index in [-0.39, 0.29) is 0 Å². The molecular weight excluding hydrogens is 138 g/mol. The minimum Gasteiger partial charge on any atom is -0.313 e. The van der Waals surface area contributed by atoms with Gasteiger partial charge in [0.15, 0.2) is 0 Å². The zero-order chi connectivity index (χ0) is 7.22. The van der Waals surface area contributed by atoms with Crippen molar-refractivity contribution in [1.29, 1.82) is 0 Å². The molecule has 2 bridgehead atoms. The number of piperidine rings is 1. The van der Waals surface area contributed by atoms with Crippen molar-refractivity contribution in [2.75, 3.05) is 0 Å². The van der Waals surface area contributed by atoms with Gasteiger partial charge in [0.1, 0.15) is 0 Å². The van der Waals surface area contributed by atoms with Gasteiger partial charge in [0.25, 0.3) is 0 Å². The SMILES string of the molecule is ON1C2CC3CC4CC1C42C3. The van der Waals surface area contributed by atoms with Gasteiger partial charge in [-0.3, -0.25) is 0 Å². The van der Waals surface area contributed by atoms with Crippen LogP contribution in [0.5, 0.6) is 0 Å². The number of nitrogens with zero attached hydrogens (tertiary/aromatic N) is 1. The average Bonchev–Trinajstić information content (AvgIpc) is 2.45. The predicted octanol–water partition coefficient (Wildman–Crippen LogP) is 1.25. The summed E-state index contributed by atoms with van der Waals surface area (Å²) >= 11 is 0. The van der Waals surface area contributed by atoms with Crippen LogP contribution in [0, 0.1) is 17.3 Å². The maximum atomic E-state index is 9.57. The summed E-state index contributed by atoms with van der Waals surface area (Å²) in [6.45, 7) is 0. The lowest BCUT2D eigenvalue weighted by Crippen LogP contribution is -2.77. The quantitative estimate of drug-likeness (QED) is 0.563. The molecule has 0 radical (unpaired) electrons. The third-order valence-corrected chi connectivity index (χ3v) is 4.96. The largest absolute Gasteiger partial charge is 0.313 e. The Labute approximate surface area is 66.1 Å². The monoisotopic (exact) mass is 151 g/mol. The van der Waals surface area contributed by atoms with E-state index in [0.29, 0.717) is 17.5 Å². The number of hydrogen-bond acceptors (Lipinski definition) is 2. The lowest BCUT2D eigenvalue weighted by Gasteiger charge is -2.69.